The number of benzene rings is 1. The molecule has 1 aromatic carbocycles. The average molecular weight is 367 g/mol. The Labute approximate surface area is 136 Å². The number of furan rings is 1. The molecule has 116 valence electrons. The molecular weight excluding hydrogens is 352 g/mol. The minimum Gasteiger partial charge on any atom is -0.461 e. The second kappa shape index (κ2) is 7.26. The highest BCUT2D eigenvalue weighted by Crippen LogP contribution is 2.28. The van der Waals surface area contributed by atoms with Crippen LogP contribution in [0.25, 0.3) is 11.3 Å². The summed E-state index contributed by atoms with van der Waals surface area (Å²) in [5.41, 5.74) is 0.892. The molecule has 0 aliphatic heterocycles. The predicted molar refractivity (Wildman–Crippen MR) is 83.0 cm³/mol. The van der Waals surface area contributed by atoms with E-state index in [1.54, 1.807) is 12.1 Å². The van der Waals surface area contributed by atoms with Crippen LogP contribution in [0.5, 0.6) is 0 Å². The Hall–Kier alpha value is -2.08. The Kier molecular flexibility index (Phi) is 5.38. The van der Waals surface area contributed by atoms with Gasteiger partial charge in [-0.2, -0.15) is 0 Å². The molecule has 0 fully saturated rings. The third kappa shape index (κ3) is 4.46. The van der Waals surface area contributed by atoms with Gasteiger partial charge in [-0.1, -0.05) is 28.1 Å². The van der Waals surface area contributed by atoms with Gasteiger partial charge in [0.25, 0.3) is 0 Å². The van der Waals surface area contributed by atoms with E-state index in [4.69, 9.17) is 13.9 Å². The summed E-state index contributed by atoms with van der Waals surface area (Å²) in [6.45, 7) is 2.50. The molecule has 1 atom stereocenters. The number of ether oxygens (including phenoxy) is 2. The van der Waals surface area contributed by atoms with Crippen LogP contribution < -0.4 is 0 Å². The topological polar surface area (TPSA) is 65.7 Å². The van der Waals surface area contributed by atoms with E-state index in [0.717, 1.165) is 10.0 Å². The molecule has 1 heterocycles. The second-order valence-corrected chi connectivity index (χ2v) is 5.53. The predicted octanol–water partition coefficient (Wildman–Crippen LogP) is 3.88. The Morgan fingerprint density at radius 1 is 1.09 bits per heavy atom. The molecular formula is C16H15BrO5. The molecule has 0 amide bonds. The summed E-state index contributed by atoms with van der Waals surface area (Å²) in [6.07, 6.45) is -0.759. The lowest BCUT2D eigenvalue weighted by atomic mass is 10.2. The molecule has 0 radical (unpaired) electrons. The number of carbonyl (C=O) groups excluding carboxylic acids is 2. The molecule has 2 rings (SSSR count). The highest BCUT2D eigenvalue weighted by molar-refractivity contribution is 9.10. The van der Waals surface area contributed by atoms with Crippen LogP contribution in [0, 0.1) is 0 Å². The lowest BCUT2D eigenvalue weighted by molar-refractivity contribution is -0.157. The summed E-state index contributed by atoms with van der Waals surface area (Å²) in [6, 6.07) is 11.1. The zero-order valence-corrected chi connectivity index (χ0v) is 13.8. The first-order valence-electron chi connectivity index (χ1n) is 6.62. The van der Waals surface area contributed by atoms with Crippen molar-refractivity contribution in [1.29, 1.82) is 0 Å². The van der Waals surface area contributed by atoms with Gasteiger partial charge < -0.3 is 13.9 Å². The van der Waals surface area contributed by atoms with Crippen molar-refractivity contribution < 1.29 is 23.5 Å². The SMILES string of the molecule is CC(=O)OC[C@@H](OC(C)=O)c1ccc(-c2ccc(Br)cc2)o1. The normalized spacial score (nSPS) is 11.8. The van der Waals surface area contributed by atoms with Crippen LogP contribution in [0.2, 0.25) is 0 Å². The molecule has 0 aliphatic rings. The van der Waals surface area contributed by atoms with Crippen molar-refractivity contribution in [3.05, 3.63) is 46.6 Å². The lowest BCUT2D eigenvalue weighted by Gasteiger charge is -2.14. The molecule has 2 aromatic rings. The van der Waals surface area contributed by atoms with Crippen molar-refractivity contribution in [3.8, 4) is 11.3 Å². The molecule has 0 N–H and O–H groups in total. The number of hydrogen-bond acceptors (Lipinski definition) is 5. The fraction of sp³-hybridized carbons (Fsp3) is 0.250. The standard InChI is InChI=1S/C16H15BrO5/c1-10(18)20-9-16(21-11(2)19)15-8-7-14(22-15)12-3-5-13(17)6-4-12/h3-8,16H,9H2,1-2H3/t16-/m1/s1. The Bertz CT molecular complexity index is 659. The Morgan fingerprint density at radius 3 is 2.36 bits per heavy atom. The summed E-state index contributed by atoms with van der Waals surface area (Å²) in [5, 5.41) is 0. The van der Waals surface area contributed by atoms with Gasteiger partial charge in [-0.3, -0.25) is 9.59 Å². The van der Waals surface area contributed by atoms with Crippen LogP contribution in [0.15, 0.2) is 45.3 Å². The first kappa shape index (κ1) is 16.3. The number of hydrogen-bond donors (Lipinski definition) is 0. The van der Waals surface area contributed by atoms with E-state index in [2.05, 4.69) is 15.9 Å². The summed E-state index contributed by atoms with van der Waals surface area (Å²) in [4.78, 5) is 22.1. The lowest BCUT2D eigenvalue weighted by Crippen LogP contribution is -2.15. The summed E-state index contributed by atoms with van der Waals surface area (Å²) in [5.74, 6) is 0.146. The minimum atomic E-state index is -0.759. The van der Waals surface area contributed by atoms with Gasteiger partial charge >= 0.3 is 11.9 Å². The fourth-order valence-corrected chi connectivity index (χ4v) is 2.13. The largest absolute Gasteiger partial charge is 0.461 e. The van der Waals surface area contributed by atoms with Crippen molar-refractivity contribution in [1.82, 2.24) is 0 Å². The van der Waals surface area contributed by atoms with Crippen LogP contribution in [-0.4, -0.2) is 18.5 Å². The molecule has 22 heavy (non-hydrogen) atoms. The van der Waals surface area contributed by atoms with Gasteiger partial charge in [0.2, 0.25) is 0 Å². The summed E-state index contributed by atoms with van der Waals surface area (Å²) >= 11 is 3.37. The van der Waals surface area contributed by atoms with Crippen molar-refractivity contribution in [2.24, 2.45) is 0 Å². The first-order chi connectivity index (χ1) is 10.5. The minimum absolute atomic E-state index is 0.0811. The fourth-order valence-electron chi connectivity index (χ4n) is 1.86. The van der Waals surface area contributed by atoms with Gasteiger partial charge in [0.15, 0.2) is 6.10 Å². The maximum absolute atomic E-state index is 11.2. The van der Waals surface area contributed by atoms with Gasteiger partial charge in [-0.15, -0.1) is 0 Å². The molecule has 1 aromatic heterocycles. The monoisotopic (exact) mass is 366 g/mol. The maximum Gasteiger partial charge on any atom is 0.303 e. The smallest absolute Gasteiger partial charge is 0.303 e. The van der Waals surface area contributed by atoms with Gasteiger partial charge in [0.05, 0.1) is 0 Å². The van der Waals surface area contributed by atoms with Crippen molar-refractivity contribution in [3.63, 3.8) is 0 Å². The molecule has 5 nitrogen and oxygen atoms in total. The number of esters is 2. The van der Waals surface area contributed by atoms with E-state index in [1.807, 2.05) is 24.3 Å². The van der Waals surface area contributed by atoms with Crippen molar-refractivity contribution >= 4 is 27.9 Å². The van der Waals surface area contributed by atoms with Crippen LogP contribution in [0.3, 0.4) is 0 Å². The molecule has 0 bridgehead atoms. The van der Waals surface area contributed by atoms with E-state index in [-0.39, 0.29) is 6.61 Å². The third-order valence-electron chi connectivity index (χ3n) is 2.82. The highest BCUT2D eigenvalue weighted by Gasteiger charge is 2.21. The van der Waals surface area contributed by atoms with Crippen molar-refractivity contribution in [2.75, 3.05) is 6.61 Å². The molecule has 0 saturated heterocycles. The number of rotatable bonds is 5. The van der Waals surface area contributed by atoms with E-state index in [9.17, 15) is 9.59 Å². The van der Waals surface area contributed by atoms with Crippen LogP contribution >= 0.6 is 15.9 Å². The second-order valence-electron chi connectivity index (χ2n) is 4.61. The quantitative estimate of drug-likeness (QED) is 0.751. The van der Waals surface area contributed by atoms with Gasteiger partial charge in [0, 0.05) is 23.9 Å². The summed E-state index contributed by atoms with van der Waals surface area (Å²) in [7, 11) is 0. The molecule has 0 spiro atoms. The van der Waals surface area contributed by atoms with Crippen LogP contribution in [-0.2, 0) is 19.1 Å². The zero-order valence-electron chi connectivity index (χ0n) is 12.2. The number of carbonyl (C=O) groups is 2. The highest BCUT2D eigenvalue weighted by atomic mass is 79.9. The van der Waals surface area contributed by atoms with E-state index in [0.29, 0.717) is 11.5 Å². The van der Waals surface area contributed by atoms with Crippen LogP contribution in [0.1, 0.15) is 25.7 Å². The van der Waals surface area contributed by atoms with Crippen LogP contribution in [0.4, 0.5) is 0 Å². The van der Waals surface area contributed by atoms with Crippen molar-refractivity contribution in [2.45, 2.75) is 20.0 Å². The summed E-state index contributed by atoms with van der Waals surface area (Å²) < 4.78 is 16.7. The molecule has 0 aliphatic carbocycles. The third-order valence-corrected chi connectivity index (χ3v) is 3.35. The molecule has 6 heteroatoms. The van der Waals surface area contributed by atoms with E-state index in [1.165, 1.54) is 13.8 Å². The van der Waals surface area contributed by atoms with Gasteiger partial charge in [0.1, 0.15) is 18.1 Å². The van der Waals surface area contributed by atoms with Gasteiger partial charge in [-0.25, -0.2) is 0 Å². The maximum atomic E-state index is 11.2. The molecule has 0 saturated carbocycles. The molecule has 0 unspecified atom stereocenters. The van der Waals surface area contributed by atoms with Gasteiger partial charge in [-0.05, 0) is 24.3 Å². The average Bonchev–Trinajstić information content (AvgIpc) is 2.93. The van der Waals surface area contributed by atoms with E-state index >= 15 is 0 Å². The van der Waals surface area contributed by atoms with E-state index < -0.39 is 18.0 Å². The zero-order chi connectivity index (χ0) is 16.1. The Balaban J connectivity index is 2.19. The Morgan fingerprint density at radius 2 is 1.77 bits per heavy atom. The number of halogens is 1. The first-order valence-corrected chi connectivity index (χ1v) is 7.41.